The molecule has 0 saturated heterocycles. The SMILES string of the molecule is CC(O)(Cc1ccccc1)c1cccs1.N#Cc1ccc(NC=O)cc1C(F)(F)F. The highest BCUT2D eigenvalue weighted by molar-refractivity contribution is 7.10. The van der Waals surface area contributed by atoms with Crippen LogP contribution in [0.1, 0.15) is 28.5 Å². The maximum Gasteiger partial charge on any atom is 0.417 e. The van der Waals surface area contributed by atoms with E-state index in [4.69, 9.17) is 5.26 Å². The molecule has 0 spiro atoms. The number of aliphatic hydroxyl groups is 1. The average Bonchev–Trinajstić information content (AvgIpc) is 3.24. The van der Waals surface area contributed by atoms with E-state index < -0.39 is 22.9 Å². The zero-order chi connectivity index (χ0) is 22.2. The van der Waals surface area contributed by atoms with Gasteiger partial charge in [-0.25, -0.2) is 0 Å². The number of nitriles is 1. The van der Waals surface area contributed by atoms with E-state index in [1.54, 1.807) is 11.3 Å². The fraction of sp³-hybridized carbons (Fsp3) is 0.182. The molecule has 0 radical (unpaired) electrons. The summed E-state index contributed by atoms with van der Waals surface area (Å²) in [5, 5.41) is 22.9. The van der Waals surface area contributed by atoms with Crippen molar-refractivity contribution < 1.29 is 23.1 Å². The monoisotopic (exact) mass is 432 g/mol. The normalized spacial score (nSPS) is 12.7. The molecule has 3 aromatic rings. The first-order valence-corrected chi connectivity index (χ1v) is 9.67. The van der Waals surface area contributed by atoms with Crippen LogP contribution in [0.25, 0.3) is 0 Å². The highest BCUT2D eigenvalue weighted by atomic mass is 32.1. The van der Waals surface area contributed by atoms with Crippen LogP contribution in [0.3, 0.4) is 0 Å². The number of hydrogen-bond donors (Lipinski definition) is 2. The maximum absolute atomic E-state index is 12.4. The zero-order valence-electron chi connectivity index (χ0n) is 16.0. The largest absolute Gasteiger partial charge is 0.417 e. The number of rotatable bonds is 5. The molecule has 1 aromatic heterocycles. The number of amides is 1. The minimum absolute atomic E-state index is 0.00340. The summed E-state index contributed by atoms with van der Waals surface area (Å²) in [6.45, 7) is 1.87. The van der Waals surface area contributed by atoms with E-state index in [9.17, 15) is 23.1 Å². The first-order chi connectivity index (χ1) is 14.2. The molecule has 2 aromatic carbocycles. The number of carbonyl (C=O) groups is 1. The van der Waals surface area contributed by atoms with Gasteiger partial charge < -0.3 is 10.4 Å². The van der Waals surface area contributed by atoms with Crippen LogP contribution in [0.15, 0.2) is 66.0 Å². The second-order valence-electron chi connectivity index (χ2n) is 6.55. The van der Waals surface area contributed by atoms with Crippen LogP contribution in [0.5, 0.6) is 0 Å². The number of thiophene rings is 1. The highest BCUT2D eigenvalue weighted by Gasteiger charge is 2.33. The Morgan fingerprint density at radius 2 is 1.83 bits per heavy atom. The van der Waals surface area contributed by atoms with Crippen LogP contribution in [-0.4, -0.2) is 11.5 Å². The first-order valence-electron chi connectivity index (χ1n) is 8.79. The number of benzene rings is 2. The fourth-order valence-corrected chi connectivity index (χ4v) is 3.49. The summed E-state index contributed by atoms with van der Waals surface area (Å²) in [4.78, 5) is 11.1. The van der Waals surface area contributed by atoms with Gasteiger partial charge in [-0.3, -0.25) is 4.79 Å². The standard InChI is InChI=1S/C13H14OS.C9H5F3N2O/c1-13(14,12-8-5-9-15-12)10-11-6-3-2-4-7-11;10-9(11,12)8-3-7(14-5-15)2-1-6(8)4-13/h2-9,14H,10H2,1H3;1-3,5H,(H,14,15). The lowest BCUT2D eigenvalue weighted by molar-refractivity contribution is -0.137. The molecule has 3 rings (SSSR count). The zero-order valence-corrected chi connectivity index (χ0v) is 16.8. The molecule has 1 atom stereocenters. The van der Waals surface area contributed by atoms with Crippen molar-refractivity contribution in [3.8, 4) is 6.07 Å². The van der Waals surface area contributed by atoms with Crippen LogP contribution >= 0.6 is 11.3 Å². The molecule has 30 heavy (non-hydrogen) atoms. The van der Waals surface area contributed by atoms with Gasteiger partial charge in [0.2, 0.25) is 6.41 Å². The van der Waals surface area contributed by atoms with Crippen molar-refractivity contribution in [2.45, 2.75) is 25.1 Å². The average molecular weight is 432 g/mol. The molecule has 1 heterocycles. The summed E-state index contributed by atoms with van der Waals surface area (Å²) in [5.41, 5.74) is -1.13. The molecule has 0 aliphatic heterocycles. The third-order valence-corrected chi connectivity index (χ3v) is 5.24. The van der Waals surface area contributed by atoms with Crippen LogP contribution in [0.2, 0.25) is 0 Å². The van der Waals surface area contributed by atoms with Gasteiger partial charge in [-0.15, -0.1) is 11.3 Å². The Bertz CT molecular complexity index is 995. The second kappa shape index (κ2) is 10.1. The molecule has 0 aliphatic carbocycles. The number of anilines is 1. The Morgan fingerprint density at radius 1 is 1.13 bits per heavy atom. The van der Waals surface area contributed by atoms with Gasteiger partial charge in [0.25, 0.3) is 0 Å². The molecule has 0 saturated carbocycles. The van der Waals surface area contributed by atoms with Gasteiger partial charge in [0, 0.05) is 17.0 Å². The van der Waals surface area contributed by atoms with E-state index in [1.807, 2.05) is 54.8 Å². The van der Waals surface area contributed by atoms with Crippen molar-refractivity contribution in [3.63, 3.8) is 0 Å². The molecule has 0 aliphatic rings. The Balaban J connectivity index is 0.000000214. The van der Waals surface area contributed by atoms with Crippen LogP contribution < -0.4 is 5.32 Å². The number of nitrogens with one attached hydrogen (secondary N) is 1. The molecule has 1 amide bonds. The van der Waals surface area contributed by atoms with Gasteiger partial charge in [0.05, 0.1) is 22.8 Å². The van der Waals surface area contributed by atoms with Gasteiger partial charge in [0.1, 0.15) is 0 Å². The molecule has 8 heteroatoms. The van der Waals surface area contributed by atoms with Crippen molar-refractivity contribution in [2.75, 3.05) is 5.32 Å². The predicted molar refractivity (Wildman–Crippen MR) is 110 cm³/mol. The third-order valence-electron chi connectivity index (χ3n) is 4.11. The number of alkyl halides is 3. The van der Waals surface area contributed by atoms with Gasteiger partial charge in [-0.05, 0) is 42.1 Å². The summed E-state index contributed by atoms with van der Waals surface area (Å²) in [7, 11) is 0. The molecular weight excluding hydrogens is 413 g/mol. The second-order valence-corrected chi connectivity index (χ2v) is 7.49. The van der Waals surface area contributed by atoms with Gasteiger partial charge in [-0.1, -0.05) is 36.4 Å². The molecule has 156 valence electrons. The summed E-state index contributed by atoms with van der Waals surface area (Å²) in [6, 6.07) is 18.4. The molecular formula is C22H19F3N2O2S. The fourth-order valence-electron chi connectivity index (χ4n) is 2.70. The Morgan fingerprint density at radius 3 is 2.37 bits per heavy atom. The third kappa shape index (κ3) is 6.44. The molecule has 1 unspecified atom stereocenters. The van der Waals surface area contributed by atoms with E-state index in [0.29, 0.717) is 12.5 Å². The van der Waals surface area contributed by atoms with Gasteiger partial charge in [0.15, 0.2) is 0 Å². The number of carbonyl (C=O) groups excluding carboxylic acids is 1. The summed E-state index contributed by atoms with van der Waals surface area (Å²) in [5.74, 6) is 0. The van der Waals surface area contributed by atoms with Crippen molar-refractivity contribution >= 4 is 23.4 Å². The van der Waals surface area contributed by atoms with Crippen LogP contribution in [0, 0.1) is 11.3 Å². The lowest BCUT2D eigenvalue weighted by Crippen LogP contribution is -2.22. The number of halogens is 3. The van der Waals surface area contributed by atoms with Crippen LogP contribution in [0.4, 0.5) is 18.9 Å². The summed E-state index contributed by atoms with van der Waals surface area (Å²) in [6.07, 6.45) is -3.68. The highest BCUT2D eigenvalue weighted by Crippen LogP contribution is 2.33. The summed E-state index contributed by atoms with van der Waals surface area (Å²) >= 11 is 1.60. The van der Waals surface area contributed by atoms with Crippen molar-refractivity contribution in [3.05, 3.63) is 87.6 Å². The Kier molecular flexibility index (Phi) is 7.75. The van der Waals surface area contributed by atoms with E-state index in [1.165, 1.54) is 12.1 Å². The molecule has 2 N–H and O–H groups in total. The van der Waals surface area contributed by atoms with Gasteiger partial charge in [-0.2, -0.15) is 18.4 Å². The van der Waals surface area contributed by atoms with Crippen molar-refractivity contribution in [1.82, 2.24) is 0 Å². The van der Waals surface area contributed by atoms with E-state index >= 15 is 0 Å². The van der Waals surface area contributed by atoms with E-state index in [0.717, 1.165) is 16.5 Å². The van der Waals surface area contributed by atoms with Crippen molar-refractivity contribution in [1.29, 1.82) is 5.26 Å². The number of nitrogens with zero attached hydrogens (tertiary/aromatic N) is 1. The molecule has 4 nitrogen and oxygen atoms in total. The molecule has 0 fully saturated rings. The summed E-state index contributed by atoms with van der Waals surface area (Å²) < 4.78 is 37.2. The van der Waals surface area contributed by atoms with E-state index in [2.05, 4.69) is 5.32 Å². The quantitative estimate of drug-likeness (QED) is 0.534. The van der Waals surface area contributed by atoms with E-state index in [-0.39, 0.29) is 12.1 Å². The minimum Gasteiger partial charge on any atom is -0.384 e. The minimum atomic E-state index is -4.61. The maximum atomic E-state index is 12.4. The molecule has 0 bridgehead atoms. The first kappa shape index (κ1) is 23.1. The van der Waals surface area contributed by atoms with Gasteiger partial charge >= 0.3 is 6.18 Å². The topological polar surface area (TPSA) is 73.1 Å². The lowest BCUT2D eigenvalue weighted by Gasteiger charge is -2.21. The number of hydrogen-bond acceptors (Lipinski definition) is 4. The Hall–Kier alpha value is -3.15. The smallest absolute Gasteiger partial charge is 0.384 e. The van der Waals surface area contributed by atoms with Crippen molar-refractivity contribution in [2.24, 2.45) is 0 Å². The Labute approximate surface area is 176 Å². The van der Waals surface area contributed by atoms with Crippen LogP contribution in [-0.2, 0) is 23.0 Å². The lowest BCUT2D eigenvalue weighted by atomic mass is 9.95. The predicted octanol–water partition coefficient (Wildman–Crippen LogP) is 5.34.